The zero-order valence-corrected chi connectivity index (χ0v) is 9.14. The van der Waals surface area contributed by atoms with E-state index in [1.165, 1.54) is 0 Å². The molecule has 0 bridgehead atoms. The van der Waals surface area contributed by atoms with Crippen LogP contribution < -0.4 is 4.74 Å². The molecule has 1 aliphatic rings. The molecule has 0 amide bonds. The summed E-state index contributed by atoms with van der Waals surface area (Å²) in [4.78, 5) is 11.3. The molecule has 2 rings (SSSR count). The number of rotatable bonds is 5. The van der Waals surface area contributed by atoms with Crippen LogP contribution in [0.1, 0.15) is 17.3 Å². The van der Waals surface area contributed by atoms with Crippen molar-refractivity contribution in [2.45, 2.75) is 13.0 Å². The number of carbonyl (C=O) groups is 1. The van der Waals surface area contributed by atoms with Crippen molar-refractivity contribution in [3.63, 3.8) is 0 Å². The van der Waals surface area contributed by atoms with Gasteiger partial charge in [0.2, 0.25) is 0 Å². The third-order valence-corrected chi connectivity index (χ3v) is 2.20. The number of ether oxygens (including phenoxy) is 3. The summed E-state index contributed by atoms with van der Waals surface area (Å²) in [6.07, 6.45) is 0.240. The van der Waals surface area contributed by atoms with E-state index >= 15 is 0 Å². The lowest BCUT2D eigenvalue weighted by Crippen LogP contribution is -2.06. The van der Waals surface area contributed by atoms with Gasteiger partial charge in [0.15, 0.2) is 0 Å². The molecule has 4 heteroatoms. The molecule has 1 atom stereocenters. The molecular weight excluding hydrogens is 208 g/mol. The quantitative estimate of drug-likeness (QED) is 0.561. The van der Waals surface area contributed by atoms with E-state index in [4.69, 9.17) is 14.2 Å². The van der Waals surface area contributed by atoms with Gasteiger partial charge in [-0.15, -0.1) is 0 Å². The highest BCUT2D eigenvalue weighted by atomic mass is 16.6. The second kappa shape index (κ2) is 4.99. The maximum atomic E-state index is 11.3. The van der Waals surface area contributed by atoms with E-state index in [1.54, 1.807) is 31.2 Å². The molecule has 4 nitrogen and oxygen atoms in total. The first-order valence-electron chi connectivity index (χ1n) is 5.31. The second-order valence-corrected chi connectivity index (χ2v) is 3.51. The largest absolute Gasteiger partial charge is 0.491 e. The molecular formula is C12H14O4. The Balaban J connectivity index is 1.89. The van der Waals surface area contributed by atoms with Crippen LogP contribution in [-0.4, -0.2) is 31.9 Å². The van der Waals surface area contributed by atoms with Crippen LogP contribution in [0.3, 0.4) is 0 Å². The minimum Gasteiger partial charge on any atom is -0.491 e. The fourth-order valence-electron chi connectivity index (χ4n) is 1.26. The molecule has 1 aromatic carbocycles. The van der Waals surface area contributed by atoms with Gasteiger partial charge >= 0.3 is 5.97 Å². The van der Waals surface area contributed by atoms with E-state index in [2.05, 4.69) is 0 Å². The predicted octanol–water partition coefficient (Wildman–Crippen LogP) is 1.64. The Morgan fingerprint density at radius 3 is 2.69 bits per heavy atom. The Hall–Kier alpha value is -1.55. The van der Waals surface area contributed by atoms with Crippen molar-refractivity contribution in [1.29, 1.82) is 0 Å². The predicted molar refractivity (Wildman–Crippen MR) is 57.6 cm³/mol. The van der Waals surface area contributed by atoms with Crippen molar-refractivity contribution in [3.8, 4) is 5.75 Å². The van der Waals surface area contributed by atoms with Gasteiger partial charge in [0.05, 0.1) is 18.8 Å². The SMILES string of the molecule is CCOC(=O)c1ccc(OC[C@@H]2CO2)cc1. The summed E-state index contributed by atoms with van der Waals surface area (Å²) in [5.74, 6) is 0.433. The highest BCUT2D eigenvalue weighted by molar-refractivity contribution is 5.89. The van der Waals surface area contributed by atoms with Crippen molar-refractivity contribution in [1.82, 2.24) is 0 Å². The van der Waals surface area contributed by atoms with E-state index in [1.807, 2.05) is 0 Å². The van der Waals surface area contributed by atoms with E-state index < -0.39 is 0 Å². The molecule has 1 saturated heterocycles. The van der Waals surface area contributed by atoms with Gasteiger partial charge in [0, 0.05) is 0 Å². The Kier molecular flexibility index (Phi) is 3.41. The zero-order chi connectivity index (χ0) is 11.4. The van der Waals surface area contributed by atoms with E-state index in [0.717, 1.165) is 12.4 Å². The molecule has 1 fully saturated rings. The smallest absolute Gasteiger partial charge is 0.338 e. The molecule has 86 valence electrons. The van der Waals surface area contributed by atoms with E-state index in [-0.39, 0.29) is 12.1 Å². The average Bonchev–Trinajstić information content (AvgIpc) is 3.11. The molecule has 16 heavy (non-hydrogen) atoms. The summed E-state index contributed by atoms with van der Waals surface area (Å²) in [5.41, 5.74) is 0.539. The maximum absolute atomic E-state index is 11.3. The lowest BCUT2D eigenvalue weighted by atomic mass is 10.2. The van der Waals surface area contributed by atoms with Crippen molar-refractivity contribution in [3.05, 3.63) is 29.8 Å². The van der Waals surface area contributed by atoms with Crippen LogP contribution >= 0.6 is 0 Å². The summed E-state index contributed by atoms with van der Waals surface area (Å²) in [6.45, 7) is 3.51. The first-order chi connectivity index (χ1) is 7.79. The molecule has 0 radical (unpaired) electrons. The molecule has 0 N–H and O–H groups in total. The topological polar surface area (TPSA) is 48.1 Å². The molecule has 1 aliphatic heterocycles. The number of carbonyl (C=O) groups excluding carboxylic acids is 1. The highest BCUT2D eigenvalue weighted by Crippen LogP contribution is 2.16. The van der Waals surface area contributed by atoms with Gasteiger partial charge in [-0.05, 0) is 31.2 Å². The number of epoxide rings is 1. The molecule has 0 unspecified atom stereocenters. The monoisotopic (exact) mass is 222 g/mol. The number of hydrogen-bond donors (Lipinski definition) is 0. The van der Waals surface area contributed by atoms with Crippen LogP contribution in [0.25, 0.3) is 0 Å². The molecule has 0 aromatic heterocycles. The summed E-state index contributed by atoms with van der Waals surface area (Å²) < 4.78 is 15.3. The number of esters is 1. The van der Waals surface area contributed by atoms with Crippen LogP contribution in [0.5, 0.6) is 5.75 Å². The van der Waals surface area contributed by atoms with Crippen LogP contribution in [-0.2, 0) is 9.47 Å². The number of hydrogen-bond acceptors (Lipinski definition) is 4. The normalized spacial score (nSPS) is 17.9. The molecule has 1 heterocycles. The fourth-order valence-corrected chi connectivity index (χ4v) is 1.26. The van der Waals surface area contributed by atoms with E-state index in [0.29, 0.717) is 18.8 Å². The van der Waals surface area contributed by atoms with Gasteiger partial charge in [-0.2, -0.15) is 0 Å². The summed E-state index contributed by atoms with van der Waals surface area (Å²) in [7, 11) is 0. The molecule has 0 aliphatic carbocycles. The first kappa shape index (κ1) is 11.0. The lowest BCUT2D eigenvalue weighted by Gasteiger charge is -2.05. The van der Waals surface area contributed by atoms with Crippen LogP contribution in [0.2, 0.25) is 0 Å². The summed E-state index contributed by atoms with van der Waals surface area (Å²) in [5, 5.41) is 0. The third kappa shape index (κ3) is 2.97. The first-order valence-corrected chi connectivity index (χ1v) is 5.31. The molecule has 1 aromatic rings. The maximum Gasteiger partial charge on any atom is 0.338 e. The fraction of sp³-hybridized carbons (Fsp3) is 0.417. The van der Waals surface area contributed by atoms with Gasteiger partial charge in [-0.1, -0.05) is 0 Å². The summed E-state index contributed by atoms with van der Waals surface area (Å²) >= 11 is 0. The Morgan fingerprint density at radius 2 is 2.12 bits per heavy atom. The van der Waals surface area contributed by atoms with Gasteiger partial charge in [0.1, 0.15) is 18.5 Å². The Morgan fingerprint density at radius 1 is 1.44 bits per heavy atom. The lowest BCUT2D eigenvalue weighted by molar-refractivity contribution is 0.0526. The minimum absolute atomic E-state index is 0.240. The average molecular weight is 222 g/mol. The van der Waals surface area contributed by atoms with Crippen LogP contribution in [0, 0.1) is 0 Å². The standard InChI is InChI=1S/C12H14O4/c1-2-14-12(13)9-3-5-10(6-4-9)15-7-11-8-16-11/h3-6,11H,2,7-8H2,1H3/t11-/m1/s1. The summed E-state index contributed by atoms with van der Waals surface area (Å²) in [6, 6.07) is 6.91. The van der Waals surface area contributed by atoms with Gasteiger partial charge in [0.25, 0.3) is 0 Å². The molecule has 0 spiro atoms. The molecule has 0 saturated carbocycles. The Labute approximate surface area is 94.1 Å². The highest BCUT2D eigenvalue weighted by Gasteiger charge is 2.23. The Bertz CT molecular complexity index is 354. The van der Waals surface area contributed by atoms with Crippen LogP contribution in [0.4, 0.5) is 0 Å². The van der Waals surface area contributed by atoms with Gasteiger partial charge < -0.3 is 14.2 Å². The zero-order valence-electron chi connectivity index (χ0n) is 9.14. The second-order valence-electron chi connectivity index (χ2n) is 3.51. The van der Waals surface area contributed by atoms with Crippen molar-refractivity contribution >= 4 is 5.97 Å². The number of benzene rings is 1. The van der Waals surface area contributed by atoms with Crippen molar-refractivity contribution < 1.29 is 19.0 Å². The third-order valence-electron chi connectivity index (χ3n) is 2.20. The van der Waals surface area contributed by atoms with Crippen molar-refractivity contribution in [2.24, 2.45) is 0 Å². The van der Waals surface area contributed by atoms with Gasteiger partial charge in [-0.25, -0.2) is 4.79 Å². The van der Waals surface area contributed by atoms with Gasteiger partial charge in [-0.3, -0.25) is 0 Å². The van der Waals surface area contributed by atoms with Crippen LogP contribution in [0.15, 0.2) is 24.3 Å². The van der Waals surface area contributed by atoms with E-state index in [9.17, 15) is 4.79 Å². The minimum atomic E-state index is -0.306. The van der Waals surface area contributed by atoms with Crippen molar-refractivity contribution in [2.75, 3.05) is 19.8 Å².